The van der Waals surface area contributed by atoms with E-state index in [2.05, 4.69) is 22.6 Å². The number of carbonyl (C=O) groups is 1. The van der Waals surface area contributed by atoms with Gasteiger partial charge in [0.05, 0.1) is 24.1 Å². The number of amides is 1. The molecule has 0 N–H and O–H groups in total. The van der Waals surface area contributed by atoms with E-state index in [1.165, 1.54) is 12.1 Å². The Kier molecular flexibility index (Phi) is 8.53. The highest BCUT2D eigenvalue weighted by Gasteiger charge is 2.33. The topological polar surface area (TPSA) is 85.6 Å². The molecule has 2 saturated heterocycles. The summed E-state index contributed by atoms with van der Waals surface area (Å²) in [5.74, 6) is -1.86. The number of piperazine rings is 1. The molecule has 0 spiro atoms. The first-order valence-corrected chi connectivity index (χ1v) is 15.0. The first-order valence-electron chi connectivity index (χ1n) is 14.6. The van der Waals surface area contributed by atoms with Crippen LogP contribution in [-0.4, -0.2) is 83.8 Å². The lowest BCUT2D eigenvalue weighted by atomic mass is 9.96. The first-order chi connectivity index (χ1) is 21.7. The average Bonchev–Trinajstić information content (AvgIpc) is 3.36. The van der Waals surface area contributed by atoms with E-state index in [-0.39, 0.29) is 91.4 Å². The van der Waals surface area contributed by atoms with Crippen molar-refractivity contribution in [3.8, 4) is 23.2 Å². The molecule has 1 amide bonds. The third-order valence-electron chi connectivity index (χ3n) is 8.57. The summed E-state index contributed by atoms with van der Waals surface area (Å²) in [6, 6.07) is 12.8. The van der Waals surface area contributed by atoms with Crippen LogP contribution in [0.25, 0.3) is 32.8 Å². The number of anilines is 1. The zero-order valence-corrected chi connectivity index (χ0v) is 25.3. The van der Waals surface area contributed by atoms with E-state index in [4.69, 9.17) is 16.3 Å². The van der Waals surface area contributed by atoms with Crippen LogP contribution < -0.4 is 9.64 Å². The highest BCUT2D eigenvalue weighted by atomic mass is 35.5. The number of alkyl halides is 1. The number of ether oxygens (including phenoxy) is 1. The number of nitrogens with zero attached hydrogens (tertiary/aromatic N) is 6. The highest BCUT2D eigenvalue weighted by Crippen LogP contribution is 2.40. The van der Waals surface area contributed by atoms with Crippen LogP contribution >= 0.6 is 11.6 Å². The second-order valence-corrected chi connectivity index (χ2v) is 11.8. The van der Waals surface area contributed by atoms with Crippen molar-refractivity contribution in [1.82, 2.24) is 19.8 Å². The van der Waals surface area contributed by atoms with Crippen molar-refractivity contribution in [3.63, 3.8) is 0 Å². The van der Waals surface area contributed by atoms with E-state index in [1.807, 2.05) is 17.0 Å². The van der Waals surface area contributed by atoms with Gasteiger partial charge in [-0.1, -0.05) is 48.5 Å². The molecule has 12 heteroatoms. The largest absolute Gasteiger partial charge is 0.462 e. The fraction of sp³-hybridized carbons (Fsp3) is 0.333. The number of fused-ring (bicyclic) bond motifs is 2. The monoisotopic (exact) mass is 634 g/mol. The molecule has 4 aromatic rings. The van der Waals surface area contributed by atoms with Crippen LogP contribution in [0, 0.1) is 23.0 Å². The summed E-state index contributed by atoms with van der Waals surface area (Å²) in [5, 5.41) is 11.1. The molecule has 232 valence electrons. The number of nitriles is 1. The second-order valence-electron chi connectivity index (χ2n) is 11.4. The minimum absolute atomic E-state index is 0.0373. The summed E-state index contributed by atoms with van der Waals surface area (Å²) in [7, 11) is 1.80. The SMILES string of the molecule is C=CC(=O)N1CCN(c2nc(OC[C@@H]3C[C@@H](F)CN3C)nc3c(F)c(-c4cccc5cccc(Cl)c45)c(F)cc23)C[C@@H]1CC#N. The molecular formula is C33H30ClF3N6O2. The predicted molar refractivity (Wildman–Crippen MR) is 167 cm³/mol. The summed E-state index contributed by atoms with van der Waals surface area (Å²) in [5.41, 5.74) is -0.193. The smallest absolute Gasteiger partial charge is 0.319 e. The fourth-order valence-electron chi connectivity index (χ4n) is 6.33. The number of likely N-dealkylation sites (tertiary alicyclic amines) is 1. The zero-order valence-electron chi connectivity index (χ0n) is 24.5. The Morgan fingerprint density at radius 3 is 2.67 bits per heavy atom. The van der Waals surface area contributed by atoms with Crippen LogP contribution in [-0.2, 0) is 4.79 Å². The van der Waals surface area contributed by atoms with Gasteiger partial charge in [-0.25, -0.2) is 13.2 Å². The van der Waals surface area contributed by atoms with Crippen molar-refractivity contribution in [2.45, 2.75) is 31.1 Å². The Hall–Kier alpha value is -4.40. The first kappa shape index (κ1) is 30.6. The molecule has 45 heavy (non-hydrogen) atoms. The Labute approximate surface area is 263 Å². The van der Waals surface area contributed by atoms with Crippen LogP contribution in [0.3, 0.4) is 0 Å². The van der Waals surface area contributed by atoms with Crippen molar-refractivity contribution < 1.29 is 22.7 Å². The Balaban J connectivity index is 1.49. The Bertz CT molecular complexity index is 1840. The highest BCUT2D eigenvalue weighted by molar-refractivity contribution is 6.36. The van der Waals surface area contributed by atoms with Crippen LogP contribution in [0.2, 0.25) is 5.02 Å². The number of carbonyl (C=O) groups excluding carboxylic acids is 1. The van der Waals surface area contributed by atoms with Gasteiger partial charge in [-0.3, -0.25) is 9.69 Å². The summed E-state index contributed by atoms with van der Waals surface area (Å²) in [6.07, 6.45) is 0.520. The van der Waals surface area contributed by atoms with Gasteiger partial charge in [0.1, 0.15) is 29.9 Å². The lowest BCUT2D eigenvalue weighted by molar-refractivity contribution is -0.128. The molecule has 2 fully saturated rings. The van der Waals surface area contributed by atoms with Crippen LogP contribution in [0.15, 0.2) is 55.1 Å². The molecule has 2 aliphatic rings. The van der Waals surface area contributed by atoms with Crippen molar-refractivity contribution in [1.29, 1.82) is 5.26 Å². The number of likely N-dealkylation sites (N-methyl/N-ethyl adjacent to an activating group) is 1. The number of hydrogen-bond donors (Lipinski definition) is 0. The number of rotatable bonds is 7. The van der Waals surface area contributed by atoms with E-state index >= 15 is 8.78 Å². The number of hydrogen-bond acceptors (Lipinski definition) is 7. The van der Waals surface area contributed by atoms with Gasteiger partial charge >= 0.3 is 6.01 Å². The molecule has 3 aromatic carbocycles. The van der Waals surface area contributed by atoms with Gasteiger partial charge < -0.3 is 14.5 Å². The van der Waals surface area contributed by atoms with Gasteiger partial charge in [0.25, 0.3) is 0 Å². The molecule has 0 saturated carbocycles. The van der Waals surface area contributed by atoms with E-state index in [1.54, 1.807) is 41.1 Å². The van der Waals surface area contributed by atoms with Crippen molar-refractivity contribution >= 4 is 45.0 Å². The third kappa shape index (κ3) is 5.76. The van der Waals surface area contributed by atoms with Gasteiger partial charge in [-0.15, -0.1) is 0 Å². The molecule has 1 aromatic heterocycles. The molecular weight excluding hydrogens is 605 g/mol. The molecule has 8 nitrogen and oxygen atoms in total. The number of halogens is 4. The number of aromatic nitrogens is 2. The fourth-order valence-corrected chi connectivity index (χ4v) is 6.61. The molecule has 0 bridgehead atoms. The molecule has 0 aliphatic carbocycles. The normalized spacial score (nSPS) is 20.5. The lowest BCUT2D eigenvalue weighted by Gasteiger charge is -2.41. The molecule has 0 radical (unpaired) electrons. The van der Waals surface area contributed by atoms with Gasteiger partial charge in [0.2, 0.25) is 5.91 Å². The predicted octanol–water partition coefficient (Wildman–Crippen LogP) is 5.92. The van der Waals surface area contributed by atoms with E-state index in [0.717, 1.165) is 0 Å². The van der Waals surface area contributed by atoms with E-state index in [0.29, 0.717) is 15.8 Å². The molecule has 3 atom stereocenters. The molecule has 3 heterocycles. The minimum Gasteiger partial charge on any atom is -0.462 e. The Morgan fingerprint density at radius 2 is 1.96 bits per heavy atom. The standard InChI is InChI=1S/C33H30ClF3N6O2/c1-3-27(44)43-13-12-42(17-21(43)10-11-38)32-24-15-26(36)29(23-8-4-6-19-7-5-9-25(34)28(19)23)30(37)31(24)39-33(40-32)45-18-22-14-20(35)16-41(22)2/h3-9,15,20-22H,1,10,12-14,16-18H2,2H3/t20-,21+,22+/m1/s1. The summed E-state index contributed by atoms with van der Waals surface area (Å²) in [4.78, 5) is 26.7. The third-order valence-corrected chi connectivity index (χ3v) is 8.89. The lowest BCUT2D eigenvalue weighted by Crippen LogP contribution is -2.55. The second kappa shape index (κ2) is 12.5. The van der Waals surface area contributed by atoms with Gasteiger partial charge in [0, 0.05) is 48.0 Å². The maximum absolute atomic E-state index is 16.7. The van der Waals surface area contributed by atoms with Crippen LogP contribution in [0.1, 0.15) is 12.8 Å². The maximum Gasteiger partial charge on any atom is 0.319 e. The average molecular weight is 635 g/mol. The molecule has 2 aliphatic heterocycles. The van der Waals surface area contributed by atoms with Crippen LogP contribution in [0.5, 0.6) is 6.01 Å². The van der Waals surface area contributed by atoms with Crippen molar-refractivity contribution in [2.75, 3.05) is 44.7 Å². The van der Waals surface area contributed by atoms with Crippen molar-refractivity contribution in [2.24, 2.45) is 0 Å². The number of benzene rings is 3. The zero-order chi connectivity index (χ0) is 31.8. The Morgan fingerprint density at radius 1 is 1.18 bits per heavy atom. The van der Waals surface area contributed by atoms with Gasteiger partial charge in [-0.05, 0) is 42.6 Å². The van der Waals surface area contributed by atoms with Gasteiger partial charge in [0.15, 0.2) is 5.82 Å². The van der Waals surface area contributed by atoms with E-state index in [9.17, 15) is 14.4 Å². The van der Waals surface area contributed by atoms with Crippen LogP contribution in [0.4, 0.5) is 19.0 Å². The van der Waals surface area contributed by atoms with E-state index < -0.39 is 23.8 Å². The van der Waals surface area contributed by atoms with Gasteiger partial charge in [-0.2, -0.15) is 15.2 Å². The summed E-state index contributed by atoms with van der Waals surface area (Å²) < 4.78 is 52.7. The maximum atomic E-state index is 16.7. The molecule has 0 unspecified atom stereocenters. The molecule has 6 rings (SSSR count). The minimum atomic E-state index is -0.987. The summed E-state index contributed by atoms with van der Waals surface area (Å²) >= 11 is 6.51. The quantitative estimate of drug-likeness (QED) is 0.233. The van der Waals surface area contributed by atoms with Crippen molar-refractivity contribution in [3.05, 3.63) is 71.8 Å². The summed E-state index contributed by atoms with van der Waals surface area (Å²) in [6.45, 7) is 4.58.